The van der Waals surface area contributed by atoms with E-state index in [-0.39, 0.29) is 5.91 Å². The van der Waals surface area contributed by atoms with Gasteiger partial charge >= 0.3 is 0 Å². The molecule has 1 amide bonds. The molecule has 6 heteroatoms. The first-order chi connectivity index (χ1) is 11.6. The summed E-state index contributed by atoms with van der Waals surface area (Å²) in [7, 11) is 1.87. The van der Waals surface area contributed by atoms with Crippen molar-refractivity contribution in [3.63, 3.8) is 0 Å². The zero-order chi connectivity index (χ0) is 17.4. The summed E-state index contributed by atoms with van der Waals surface area (Å²) >= 11 is 0. The molecular weight excluding hydrogens is 306 g/mol. The molecule has 0 saturated carbocycles. The van der Waals surface area contributed by atoms with Gasteiger partial charge in [0, 0.05) is 13.5 Å². The van der Waals surface area contributed by atoms with Crippen molar-refractivity contribution in [3.05, 3.63) is 41.7 Å². The summed E-state index contributed by atoms with van der Waals surface area (Å²) in [4.78, 5) is 11.8. The SMILES string of the molecule is CCOc1ccc(OCCCC(=O)NCc2cc(C)nn2C)cc1. The molecule has 0 fully saturated rings. The summed E-state index contributed by atoms with van der Waals surface area (Å²) in [5.41, 5.74) is 1.94. The summed E-state index contributed by atoms with van der Waals surface area (Å²) in [5.74, 6) is 1.63. The lowest BCUT2D eigenvalue weighted by Crippen LogP contribution is -2.24. The number of carbonyl (C=O) groups is 1. The second kappa shape index (κ2) is 8.96. The van der Waals surface area contributed by atoms with Crippen LogP contribution in [0.5, 0.6) is 11.5 Å². The van der Waals surface area contributed by atoms with Crippen molar-refractivity contribution in [2.24, 2.45) is 7.05 Å². The number of rotatable bonds is 9. The Hall–Kier alpha value is -2.50. The van der Waals surface area contributed by atoms with Gasteiger partial charge in [0.25, 0.3) is 0 Å². The maximum Gasteiger partial charge on any atom is 0.220 e. The zero-order valence-corrected chi connectivity index (χ0v) is 14.5. The summed E-state index contributed by atoms with van der Waals surface area (Å²) in [6.07, 6.45) is 1.11. The Morgan fingerprint density at radius 3 is 2.46 bits per heavy atom. The number of benzene rings is 1. The molecule has 0 spiro atoms. The van der Waals surface area contributed by atoms with Crippen LogP contribution in [0.1, 0.15) is 31.2 Å². The Morgan fingerprint density at radius 2 is 1.88 bits per heavy atom. The fourth-order valence-electron chi connectivity index (χ4n) is 2.33. The van der Waals surface area contributed by atoms with E-state index in [1.807, 2.05) is 51.2 Å². The lowest BCUT2D eigenvalue weighted by Gasteiger charge is -2.08. The monoisotopic (exact) mass is 331 g/mol. The third-order valence-electron chi connectivity index (χ3n) is 3.52. The Bertz CT molecular complexity index is 650. The molecule has 130 valence electrons. The number of amides is 1. The molecule has 2 aromatic rings. The third kappa shape index (κ3) is 5.61. The molecule has 0 atom stereocenters. The van der Waals surface area contributed by atoms with E-state index >= 15 is 0 Å². The van der Waals surface area contributed by atoms with Crippen molar-refractivity contribution >= 4 is 5.91 Å². The minimum absolute atomic E-state index is 0.0177. The number of aromatic nitrogens is 2. The molecule has 0 saturated heterocycles. The second-order valence-electron chi connectivity index (χ2n) is 5.53. The predicted octanol–water partition coefficient (Wildman–Crippen LogP) is 2.60. The highest BCUT2D eigenvalue weighted by molar-refractivity contribution is 5.75. The number of nitrogens with zero attached hydrogens (tertiary/aromatic N) is 2. The van der Waals surface area contributed by atoms with E-state index in [0.717, 1.165) is 22.9 Å². The minimum atomic E-state index is 0.0177. The summed E-state index contributed by atoms with van der Waals surface area (Å²) in [6, 6.07) is 9.46. The first-order valence-corrected chi connectivity index (χ1v) is 8.20. The van der Waals surface area contributed by atoms with E-state index in [4.69, 9.17) is 9.47 Å². The highest BCUT2D eigenvalue weighted by atomic mass is 16.5. The average molecular weight is 331 g/mol. The Labute approximate surface area is 142 Å². The van der Waals surface area contributed by atoms with Gasteiger partial charge in [0.1, 0.15) is 11.5 Å². The number of hydrogen-bond donors (Lipinski definition) is 1. The normalized spacial score (nSPS) is 10.5. The number of hydrogen-bond acceptors (Lipinski definition) is 4. The lowest BCUT2D eigenvalue weighted by atomic mass is 10.3. The van der Waals surface area contributed by atoms with E-state index in [1.54, 1.807) is 4.68 Å². The van der Waals surface area contributed by atoms with Gasteiger partial charge in [0.2, 0.25) is 5.91 Å². The van der Waals surface area contributed by atoms with Crippen LogP contribution in [-0.4, -0.2) is 28.9 Å². The van der Waals surface area contributed by atoms with E-state index < -0.39 is 0 Å². The number of aryl methyl sites for hydroxylation is 2. The molecule has 0 aliphatic rings. The van der Waals surface area contributed by atoms with Crippen molar-refractivity contribution in [1.82, 2.24) is 15.1 Å². The van der Waals surface area contributed by atoms with Gasteiger partial charge in [-0.25, -0.2) is 0 Å². The van der Waals surface area contributed by atoms with Crippen molar-refractivity contribution in [2.45, 2.75) is 33.2 Å². The molecule has 6 nitrogen and oxygen atoms in total. The van der Waals surface area contributed by atoms with E-state index in [1.165, 1.54) is 0 Å². The van der Waals surface area contributed by atoms with Crippen LogP contribution in [0.3, 0.4) is 0 Å². The van der Waals surface area contributed by atoms with Crippen LogP contribution < -0.4 is 14.8 Å². The molecule has 0 aliphatic carbocycles. The maximum absolute atomic E-state index is 11.8. The smallest absolute Gasteiger partial charge is 0.220 e. The molecule has 0 unspecified atom stereocenters. The Kier molecular flexibility index (Phi) is 6.66. The van der Waals surface area contributed by atoms with Crippen LogP contribution in [0, 0.1) is 6.92 Å². The largest absolute Gasteiger partial charge is 0.494 e. The van der Waals surface area contributed by atoms with Crippen LogP contribution >= 0.6 is 0 Å². The topological polar surface area (TPSA) is 65.4 Å². The zero-order valence-electron chi connectivity index (χ0n) is 14.5. The standard InChI is InChI=1S/C18H25N3O3/c1-4-23-16-7-9-17(10-8-16)24-11-5-6-18(22)19-13-15-12-14(2)20-21(15)3/h7-10,12H,4-6,11,13H2,1-3H3,(H,19,22). The van der Waals surface area contributed by atoms with Crippen LogP contribution in [0.15, 0.2) is 30.3 Å². The van der Waals surface area contributed by atoms with Crippen molar-refractivity contribution in [2.75, 3.05) is 13.2 Å². The van der Waals surface area contributed by atoms with Crippen molar-refractivity contribution in [1.29, 1.82) is 0 Å². The van der Waals surface area contributed by atoms with Gasteiger partial charge < -0.3 is 14.8 Å². The number of nitrogens with one attached hydrogen (secondary N) is 1. The van der Waals surface area contributed by atoms with Crippen molar-refractivity contribution in [3.8, 4) is 11.5 Å². The van der Waals surface area contributed by atoms with Crippen LogP contribution in [0.2, 0.25) is 0 Å². The molecule has 2 rings (SSSR count). The van der Waals surface area contributed by atoms with Gasteiger partial charge in [-0.05, 0) is 50.6 Å². The Morgan fingerprint density at radius 1 is 1.21 bits per heavy atom. The molecule has 1 aromatic heterocycles. The van der Waals surface area contributed by atoms with Crippen LogP contribution in [0.25, 0.3) is 0 Å². The van der Waals surface area contributed by atoms with Crippen molar-refractivity contribution < 1.29 is 14.3 Å². The molecule has 0 bridgehead atoms. The average Bonchev–Trinajstić information content (AvgIpc) is 2.89. The quantitative estimate of drug-likeness (QED) is 0.717. The second-order valence-corrected chi connectivity index (χ2v) is 5.53. The van der Waals surface area contributed by atoms with Gasteiger partial charge in [0.05, 0.1) is 31.1 Å². The molecule has 1 aromatic carbocycles. The van der Waals surface area contributed by atoms with Gasteiger partial charge in [-0.1, -0.05) is 0 Å². The minimum Gasteiger partial charge on any atom is -0.494 e. The molecule has 0 radical (unpaired) electrons. The third-order valence-corrected chi connectivity index (χ3v) is 3.52. The number of carbonyl (C=O) groups excluding carboxylic acids is 1. The molecular formula is C18H25N3O3. The maximum atomic E-state index is 11.8. The lowest BCUT2D eigenvalue weighted by molar-refractivity contribution is -0.121. The van der Waals surface area contributed by atoms with E-state index in [2.05, 4.69) is 10.4 Å². The van der Waals surface area contributed by atoms with Gasteiger partial charge in [-0.2, -0.15) is 5.10 Å². The van der Waals surface area contributed by atoms with E-state index in [9.17, 15) is 4.79 Å². The fraction of sp³-hybridized carbons (Fsp3) is 0.444. The van der Waals surface area contributed by atoms with Crippen LogP contribution in [-0.2, 0) is 18.4 Å². The molecule has 1 heterocycles. The Balaban J connectivity index is 1.63. The highest BCUT2D eigenvalue weighted by Crippen LogP contribution is 2.17. The molecule has 24 heavy (non-hydrogen) atoms. The van der Waals surface area contributed by atoms with Crippen LogP contribution in [0.4, 0.5) is 0 Å². The summed E-state index contributed by atoms with van der Waals surface area (Å²) in [5, 5.41) is 7.15. The van der Waals surface area contributed by atoms with E-state index in [0.29, 0.717) is 32.6 Å². The summed E-state index contributed by atoms with van der Waals surface area (Å²) in [6.45, 7) is 5.53. The molecule has 1 N–H and O–H groups in total. The van der Waals surface area contributed by atoms with Gasteiger partial charge in [-0.3, -0.25) is 9.48 Å². The predicted molar refractivity (Wildman–Crippen MR) is 92.1 cm³/mol. The summed E-state index contributed by atoms with van der Waals surface area (Å²) < 4.78 is 12.8. The van der Waals surface area contributed by atoms with Gasteiger partial charge in [-0.15, -0.1) is 0 Å². The molecule has 0 aliphatic heterocycles. The number of ether oxygens (including phenoxy) is 2. The fourth-order valence-corrected chi connectivity index (χ4v) is 2.33. The first kappa shape index (κ1) is 17.8. The highest BCUT2D eigenvalue weighted by Gasteiger charge is 2.05. The van der Waals surface area contributed by atoms with Gasteiger partial charge in [0.15, 0.2) is 0 Å². The first-order valence-electron chi connectivity index (χ1n) is 8.20.